The van der Waals surface area contributed by atoms with Crippen molar-refractivity contribution in [3.8, 4) is 0 Å². The zero-order valence-corrected chi connectivity index (χ0v) is 11.7. The van der Waals surface area contributed by atoms with E-state index in [4.69, 9.17) is 4.74 Å². The Kier molecular flexibility index (Phi) is 5.85. The van der Waals surface area contributed by atoms with Crippen molar-refractivity contribution in [1.82, 2.24) is 15.5 Å². The van der Waals surface area contributed by atoms with Crippen molar-refractivity contribution in [2.75, 3.05) is 19.8 Å². The molecule has 1 aromatic rings. The first-order chi connectivity index (χ1) is 8.52. The molecule has 0 saturated carbocycles. The lowest BCUT2D eigenvalue weighted by Gasteiger charge is -2.07. The van der Waals surface area contributed by atoms with Crippen LogP contribution in [0.4, 0.5) is 0 Å². The van der Waals surface area contributed by atoms with Crippen LogP contribution in [0, 0.1) is 19.8 Å². The molecule has 0 unspecified atom stereocenters. The van der Waals surface area contributed by atoms with Gasteiger partial charge in [0.05, 0.1) is 11.3 Å². The minimum absolute atomic E-state index is 0.0670. The van der Waals surface area contributed by atoms with Crippen molar-refractivity contribution in [1.29, 1.82) is 0 Å². The Balaban J connectivity index is 2.22. The average molecular weight is 253 g/mol. The van der Waals surface area contributed by atoms with E-state index in [1.807, 2.05) is 13.8 Å². The summed E-state index contributed by atoms with van der Waals surface area (Å²) in [7, 11) is 0. The number of aryl methyl sites for hydroxylation is 2. The summed E-state index contributed by atoms with van der Waals surface area (Å²) in [6, 6.07) is 0. The highest BCUT2D eigenvalue weighted by Crippen LogP contribution is 2.08. The Hall–Kier alpha value is -1.36. The number of rotatable bonds is 7. The van der Waals surface area contributed by atoms with E-state index in [1.54, 1.807) is 0 Å². The van der Waals surface area contributed by atoms with E-state index in [-0.39, 0.29) is 5.91 Å². The number of ether oxygens (including phenoxy) is 1. The van der Waals surface area contributed by atoms with Gasteiger partial charge in [-0.2, -0.15) is 5.10 Å². The topological polar surface area (TPSA) is 67.0 Å². The molecule has 1 heterocycles. The van der Waals surface area contributed by atoms with Gasteiger partial charge in [0.25, 0.3) is 5.91 Å². The van der Waals surface area contributed by atoms with Crippen LogP contribution >= 0.6 is 0 Å². The van der Waals surface area contributed by atoms with Gasteiger partial charge in [-0.1, -0.05) is 13.8 Å². The van der Waals surface area contributed by atoms with Crippen LogP contribution in [0.15, 0.2) is 0 Å². The number of carbonyl (C=O) groups excluding carboxylic acids is 1. The third-order valence-corrected chi connectivity index (χ3v) is 2.56. The second-order valence-corrected chi connectivity index (χ2v) is 4.89. The Morgan fingerprint density at radius 3 is 2.72 bits per heavy atom. The zero-order chi connectivity index (χ0) is 13.5. The highest BCUT2D eigenvalue weighted by Gasteiger charge is 2.14. The van der Waals surface area contributed by atoms with E-state index in [0.717, 1.165) is 24.4 Å². The maximum atomic E-state index is 11.9. The normalized spacial score (nSPS) is 10.9. The first-order valence-electron chi connectivity index (χ1n) is 6.40. The van der Waals surface area contributed by atoms with Crippen LogP contribution in [0.25, 0.3) is 0 Å². The standard InChI is InChI=1S/C13H23N3O2/c1-9(2)8-18-7-5-6-14-13(17)12-10(3)15-16-11(12)4/h9H,5-8H2,1-4H3,(H,14,17)(H,15,16). The van der Waals surface area contributed by atoms with Gasteiger partial charge in [0.1, 0.15) is 0 Å². The number of amides is 1. The average Bonchev–Trinajstić information content (AvgIpc) is 2.63. The molecular weight excluding hydrogens is 230 g/mol. The lowest BCUT2D eigenvalue weighted by atomic mass is 10.2. The molecule has 0 radical (unpaired) electrons. The van der Waals surface area contributed by atoms with Crippen LogP contribution in [-0.4, -0.2) is 35.9 Å². The summed E-state index contributed by atoms with van der Waals surface area (Å²) in [6.07, 6.45) is 0.828. The molecule has 1 aromatic heterocycles. The quantitative estimate of drug-likeness (QED) is 0.728. The van der Waals surface area contributed by atoms with Crippen LogP contribution < -0.4 is 5.32 Å². The first-order valence-corrected chi connectivity index (χ1v) is 6.40. The van der Waals surface area contributed by atoms with Gasteiger partial charge in [-0.25, -0.2) is 0 Å². The number of aromatic amines is 1. The Morgan fingerprint density at radius 1 is 1.44 bits per heavy atom. The molecule has 0 spiro atoms. The summed E-state index contributed by atoms with van der Waals surface area (Å²) in [5.74, 6) is 0.485. The van der Waals surface area contributed by atoms with Crippen LogP contribution in [-0.2, 0) is 4.74 Å². The molecule has 1 amide bonds. The number of H-pyrrole nitrogens is 1. The molecular formula is C13H23N3O2. The van der Waals surface area contributed by atoms with Crippen molar-refractivity contribution < 1.29 is 9.53 Å². The maximum Gasteiger partial charge on any atom is 0.255 e. The lowest BCUT2D eigenvalue weighted by molar-refractivity contribution is 0.0924. The molecule has 0 atom stereocenters. The first kappa shape index (κ1) is 14.7. The summed E-state index contributed by atoms with van der Waals surface area (Å²) in [5, 5.41) is 9.69. The molecule has 2 N–H and O–H groups in total. The van der Waals surface area contributed by atoms with Gasteiger partial charge in [0.2, 0.25) is 0 Å². The van der Waals surface area contributed by atoms with Gasteiger partial charge >= 0.3 is 0 Å². The fourth-order valence-corrected chi connectivity index (χ4v) is 1.67. The van der Waals surface area contributed by atoms with E-state index in [2.05, 4.69) is 29.4 Å². The molecule has 102 valence electrons. The molecule has 5 heteroatoms. The predicted octanol–water partition coefficient (Wildman–Crippen LogP) is 1.82. The molecule has 1 rings (SSSR count). The molecule has 5 nitrogen and oxygen atoms in total. The number of nitrogens with one attached hydrogen (secondary N) is 2. The number of hydrogen-bond acceptors (Lipinski definition) is 3. The van der Waals surface area contributed by atoms with Crippen LogP contribution in [0.5, 0.6) is 0 Å². The molecule has 0 aliphatic heterocycles. The van der Waals surface area contributed by atoms with E-state index in [1.165, 1.54) is 0 Å². The number of aromatic nitrogens is 2. The van der Waals surface area contributed by atoms with Crippen molar-refractivity contribution in [2.45, 2.75) is 34.1 Å². The molecule has 0 aliphatic rings. The summed E-state index contributed by atoms with van der Waals surface area (Å²) in [4.78, 5) is 11.9. The van der Waals surface area contributed by atoms with Crippen LogP contribution in [0.2, 0.25) is 0 Å². The maximum absolute atomic E-state index is 11.9. The summed E-state index contributed by atoms with van der Waals surface area (Å²) < 4.78 is 5.45. The summed E-state index contributed by atoms with van der Waals surface area (Å²) >= 11 is 0. The van der Waals surface area contributed by atoms with Gasteiger partial charge in [0.15, 0.2) is 0 Å². The molecule has 0 aromatic carbocycles. The minimum atomic E-state index is -0.0670. The van der Waals surface area contributed by atoms with Crippen LogP contribution in [0.3, 0.4) is 0 Å². The Bertz CT molecular complexity index is 366. The van der Waals surface area contributed by atoms with Gasteiger partial charge in [0, 0.05) is 25.5 Å². The van der Waals surface area contributed by atoms with Crippen molar-refractivity contribution >= 4 is 5.91 Å². The molecule has 18 heavy (non-hydrogen) atoms. The van der Waals surface area contributed by atoms with Gasteiger partial charge in [-0.3, -0.25) is 9.89 Å². The smallest absolute Gasteiger partial charge is 0.255 e. The molecule has 0 fully saturated rings. The van der Waals surface area contributed by atoms with Gasteiger partial charge in [-0.05, 0) is 26.2 Å². The van der Waals surface area contributed by atoms with E-state index in [0.29, 0.717) is 24.6 Å². The van der Waals surface area contributed by atoms with E-state index >= 15 is 0 Å². The van der Waals surface area contributed by atoms with E-state index < -0.39 is 0 Å². The molecule has 0 aliphatic carbocycles. The fraction of sp³-hybridized carbons (Fsp3) is 0.692. The highest BCUT2D eigenvalue weighted by molar-refractivity contribution is 5.96. The molecule has 0 bridgehead atoms. The summed E-state index contributed by atoms with van der Waals surface area (Å²) in [5.41, 5.74) is 2.19. The Morgan fingerprint density at radius 2 is 2.17 bits per heavy atom. The fourth-order valence-electron chi connectivity index (χ4n) is 1.67. The minimum Gasteiger partial charge on any atom is -0.381 e. The Labute approximate surface area is 108 Å². The lowest BCUT2D eigenvalue weighted by Crippen LogP contribution is -2.26. The third-order valence-electron chi connectivity index (χ3n) is 2.56. The van der Waals surface area contributed by atoms with E-state index in [9.17, 15) is 4.79 Å². The van der Waals surface area contributed by atoms with Gasteiger partial charge < -0.3 is 10.1 Å². The largest absolute Gasteiger partial charge is 0.381 e. The third kappa shape index (κ3) is 4.49. The molecule has 0 saturated heterocycles. The highest BCUT2D eigenvalue weighted by atomic mass is 16.5. The zero-order valence-electron chi connectivity index (χ0n) is 11.7. The SMILES string of the molecule is Cc1n[nH]c(C)c1C(=O)NCCCOCC(C)C. The number of carbonyl (C=O) groups is 1. The second-order valence-electron chi connectivity index (χ2n) is 4.89. The van der Waals surface area contributed by atoms with Crippen molar-refractivity contribution in [3.05, 3.63) is 17.0 Å². The van der Waals surface area contributed by atoms with Crippen molar-refractivity contribution in [3.63, 3.8) is 0 Å². The number of hydrogen-bond donors (Lipinski definition) is 2. The van der Waals surface area contributed by atoms with Crippen molar-refractivity contribution in [2.24, 2.45) is 5.92 Å². The predicted molar refractivity (Wildman–Crippen MR) is 70.7 cm³/mol. The second kappa shape index (κ2) is 7.16. The monoisotopic (exact) mass is 253 g/mol. The van der Waals surface area contributed by atoms with Gasteiger partial charge in [-0.15, -0.1) is 0 Å². The number of nitrogens with zero attached hydrogens (tertiary/aromatic N) is 1. The van der Waals surface area contributed by atoms with Crippen LogP contribution in [0.1, 0.15) is 42.0 Å². The summed E-state index contributed by atoms with van der Waals surface area (Å²) in [6.45, 7) is 9.99.